The zero-order chi connectivity index (χ0) is 19.7. The van der Waals surface area contributed by atoms with Gasteiger partial charge in [0.25, 0.3) is 5.56 Å². The van der Waals surface area contributed by atoms with Crippen molar-refractivity contribution in [1.82, 2.24) is 19.8 Å². The Labute approximate surface area is 158 Å². The highest BCUT2D eigenvalue weighted by Crippen LogP contribution is 2.19. The summed E-state index contributed by atoms with van der Waals surface area (Å²) in [5, 5.41) is 13.5. The third kappa shape index (κ3) is 3.39. The maximum Gasteiger partial charge on any atom is 0.290 e. The van der Waals surface area contributed by atoms with Crippen LogP contribution < -0.4 is 10.9 Å². The van der Waals surface area contributed by atoms with Crippen molar-refractivity contribution < 1.29 is 9.18 Å². The second-order valence-corrected chi connectivity index (χ2v) is 6.35. The quantitative estimate of drug-likeness (QED) is 0.572. The van der Waals surface area contributed by atoms with E-state index in [9.17, 15) is 14.0 Å². The van der Waals surface area contributed by atoms with Crippen molar-refractivity contribution in [2.45, 2.75) is 13.3 Å². The predicted molar refractivity (Wildman–Crippen MR) is 103 cm³/mol. The van der Waals surface area contributed by atoms with Gasteiger partial charge in [0.1, 0.15) is 11.3 Å². The smallest absolute Gasteiger partial charge is 0.290 e. The second-order valence-electron chi connectivity index (χ2n) is 6.35. The number of carbonyl (C=O) groups is 1. The second kappa shape index (κ2) is 7.07. The number of rotatable bonds is 4. The summed E-state index contributed by atoms with van der Waals surface area (Å²) in [6.07, 6.45) is -0.111. The van der Waals surface area contributed by atoms with Gasteiger partial charge < -0.3 is 5.32 Å². The first-order valence-corrected chi connectivity index (χ1v) is 8.60. The molecule has 4 rings (SSSR count). The molecule has 28 heavy (non-hydrogen) atoms. The molecule has 2 heterocycles. The maximum absolute atomic E-state index is 13.2. The van der Waals surface area contributed by atoms with E-state index in [1.54, 1.807) is 13.0 Å². The van der Waals surface area contributed by atoms with Crippen LogP contribution in [0.25, 0.3) is 16.8 Å². The summed E-state index contributed by atoms with van der Waals surface area (Å²) >= 11 is 0. The van der Waals surface area contributed by atoms with Gasteiger partial charge in [-0.2, -0.15) is 10.2 Å². The van der Waals surface area contributed by atoms with Gasteiger partial charge in [0, 0.05) is 11.3 Å². The molecule has 0 atom stereocenters. The molecule has 0 aliphatic rings. The molecule has 1 amide bonds. The lowest BCUT2D eigenvalue weighted by atomic mass is 10.1. The predicted octanol–water partition coefficient (Wildman–Crippen LogP) is 2.71. The molecule has 2 aromatic heterocycles. The Morgan fingerprint density at radius 2 is 1.96 bits per heavy atom. The van der Waals surface area contributed by atoms with Crippen LogP contribution >= 0.6 is 0 Å². The fraction of sp³-hybridized carbons (Fsp3) is 0.100. The zero-order valence-electron chi connectivity index (χ0n) is 14.9. The van der Waals surface area contributed by atoms with E-state index in [2.05, 4.69) is 20.6 Å². The molecule has 8 heteroatoms. The Hall–Kier alpha value is -3.81. The standard InChI is InChI=1S/C20H16FN5O2/c1-12-9-14(21)7-8-15(12)22-19(27)11-18-23-24-20(28)17-10-16(25-26(17)18)13-5-3-2-4-6-13/h2-10H,11H2,1H3,(H,22,27)(H,24,28). The van der Waals surface area contributed by atoms with E-state index in [-0.39, 0.29) is 24.0 Å². The van der Waals surface area contributed by atoms with Gasteiger partial charge in [0.2, 0.25) is 5.91 Å². The number of hydrogen-bond donors (Lipinski definition) is 2. The van der Waals surface area contributed by atoms with Gasteiger partial charge in [-0.05, 0) is 36.8 Å². The summed E-state index contributed by atoms with van der Waals surface area (Å²) in [6, 6.07) is 15.2. The lowest BCUT2D eigenvalue weighted by Gasteiger charge is -2.08. The molecule has 2 aromatic carbocycles. The first-order chi connectivity index (χ1) is 13.5. The van der Waals surface area contributed by atoms with Gasteiger partial charge in [0.15, 0.2) is 5.82 Å². The Morgan fingerprint density at radius 3 is 2.71 bits per heavy atom. The van der Waals surface area contributed by atoms with Crippen molar-refractivity contribution in [2.24, 2.45) is 0 Å². The van der Waals surface area contributed by atoms with Crippen LogP contribution in [0.2, 0.25) is 0 Å². The minimum absolute atomic E-state index is 0.111. The van der Waals surface area contributed by atoms with Gasteiger partial charge in [-0.3, -0.25) is 9.59 Å². The highest BCUT2D eigenvalue weighted by molar-refractivity contribution is 5.92. The van der Waals surface area contributed by atoms with Crippen LogP contribution in [-0.4, -0.2) is 25.7 Å². The van der Waals surface area contributed by atoms with Crippen LogP contribution in [-0.2, 0) is 11.2 Å². The van der Waals surface area contributed by atoms with Gasteiger partial charge >= 0.3 is 0 Å². The third-order valence-corrected chi connectivity index (χ3v) is 4.32. The fourth-order valence-electron chi connectivity index (χ4n) is 2.93. The number of nitrogens with one attached hydrogen (secondary N) is 2. The average Bonchev–Trinajstić information content (AvgIpc) is 3.14. The van der Waals surface area contributed by atoms with Crippen LogP contribution in [0.5, 0.6) is 0 Å². The highest BCUT2D eigenvalue weighted by atomic mass is 19.1. The van der Waals surface area contributed by atoms with E-state index < -0.39 is 5.56 Å². The van der Waals surface area contributed by atoms with Crippen molar-refractivity contribution in [3.05, 3.63) is 82.2 Å². The molecule has 0 aliphatic heterocycles. The lowest BCUT2D eigenvalue weighted by molar-refractivity contribution is -0.115. The molecule has 7 nitrogen and oxygen atoms in total. The molecule has 4 aromatic rings. The van der Waals surface area contributed by atoms with Gasteiger partial charge in [-0.15, -0.1) is 0 Å². The monoisotopic (exact) mass is 377 g/mol. The SMILES string of the molecule is Cc1cc(F)ccc1NC(=O)Cc1n[nH]c(=O)c2cc(-c3ccccc3)nn12. The van der Waals surface area contributed by atoms with Gasteiger partial charge in [-0.25, -0.2) is 14.0 Å². The molecule has 0 radical (unpaired) electrons. The van der Waals surface area contributed by atoms with E-state index in [4.69, 9.17) is 0 Å². The Balaban J connectivity index is 1.65. The molecule has 140 valence electrons. The summed E-state index contributed by atoms with van der Waals surface area (Å²) in [5.41, 5.74) is 2.48. The maximum atomic E-state index is 13.2. The van der Waals surface area contributed by atoms with Crippen LogP contribution in [0.3, 0.4) is 0 Å². The number of anilines is 1. The topological polar surface area (TPSA) is 92.1 Å². The first-order valence-electron chi connectivity index (χ1n) is 8.60. The minimum atomic E-state index is -0.395. The van der Waals surface area contributed by atoms with Crippen molar-refractivity contribution >= 4 is 17.1 Å². The van der Waals surface area contributed by atoms with Crippen LogP contribution in [0.15, 0.2) is 59.4 Å². The summed E-state index contributed by atoms with van der Waals surface area (Å²) in [7, 11) is 0. The summed E-state index contributed by atoms with van der Waals surface area (Å²) in [4.78, 5) is 24.6. The number of benzene rings is 2. The van der Waals surface area contributed by atoms with E-state index in [1.807, 2.05) is 30.3 Å². The van der Waals surface area contributed by atoms with Crippen LogP contribution in [0.4, 0.5) is 10.1 Å². The largest absolute Gasteiger partial charge is 0.325 e. The number of H-pyrrole nitrogens is 1. The number of hydrogen-bond acceptors (Lipinski definition) is 4. The zero-order valence-corrected chi connectivity index (χ0v) is 14.9. The third-order valence-electron chi connectivity index (χ3n) is 4.32. The molecule has 0 fully saturated rings. The van der Waals surface area contributed by atoms with Gasteiger partial charge in [-0.1, -0.05) is 30.3 Å². The Bertz CT molecular complexity index is 1230. The van der Waals surface area contributed by atoms with E-state index in [1.165, 1.54) is 22.7 Å². The molecule has 0 saturated carbocycles. The van der Waals surface area contributed by atoms with E-state index in [0.29, 0.717) is 22.5 Å². The molecule has 0 saturated heterocycles. The first kappa shape index (κ1) is 17.6. The number of nitrogens with zero attached hydrogens (tertiary/aromatic N) is 3. The Kier molecular flexibility index (Phi) is 4.44. The average molecular weight is 377 g/mol. The minimum Gasteiger partial charge on any atom is -0.325 e. The summed E-state index contributed by atoms with van der Waals surface area (Å²) in [6.45, 7) is 1.70. The van der Waals surface area contributed by atoms with Crippen LogP contribution in [0, 0.1) is 12.7 Å². The Morgan fingerprint density at radius 1 is 1.18 bits per heavy atom. The molecule has 2 N–H and O–H groups in total. The number of carbonyl (C=O) groups excluding carboxylic acids is 1. The summed E-state index contributed by atoms with van der Waals surface area (Å²) < 4.78 is 14.6. The molecule has 0 unspecified atom stereocenters. The lowest BCUT2D eigenvalue weighted by Crippen LogP contribution is -2.22. The number of fused-ring (bicyclic) bond motifs is 1. The number of aromatic nitrogens is 4. The normalized spacial score (nSPS) is 10.9. The molecular formula is C20H16FN5O2. The van der Waals surface area contributed by atoms with E-state index in [0.717, 1.165) is 5.56 Å². The van der Waals surface area contributed by atoms with Crippen molar-refractivity contribution in [2.75, 3.05) is 5.32 Å². The molecular weight excluding hydrogens is 361 g/mol. The number of aromatic amines is 1. The van der Waals surface area contributed by atoms with Crippen molar-refractivity contribution in [1.29, 1.82) is 0 Å². The van der Waals surface area contributed by atoms with Crippen molar-refractivity contribution in [3.8, 4) is 11.3 Å². The number of aryl methyl sites for hydroxylation is 1. The number of halogens is 1. The summed E-state index contributed by atoms with van der Waals surface area (Å²) in [5.74, 6) is -0.439. The molecule has 0 spiro atoms. The fourth-order valence-corrected chi connectivity index (χ4v) is 2.93. The van der Waals surface area contributed by atoms with Crippen molar-refractivity contribution in [3.63, 3.8) is 0 Å². The van der Waals surface area contributed by atoms with Gasteiger partial charge in [0.05, 0.1) is 12.1 Å². The van der Waals surface area contributed by atoms with Crippen LogP contribution in [0.1, 0.15) is 11.4 Å². The highest BCUT2D eigenvalue weighted by Gasteiger charge is 2.15. The van der Waals surface area contributed by atoms with E-state index >= 15 is 0 Å². The molecule has 0 bridgehead atoms. The number of amides is 1. The molecule has 0 aliphatic carbocycles.